The van der Waals surface area contributed by atoms with Crippen LogP contribution in [0.4, 0.5) is 4.79 Å². The number of benzene rings is 1. The van der Waals surface area contributed by atoms with Crippen LogP contribution in [0.15, 0.2) is 39.2 Å². The van der Waals surface area contributed by atoms with E-state index in [1.54, 1.807) is 32.9 Å². The largest absolute Gasteiger partial charge is 0.345 e. The van der Waals surface area contributed by atoms with Crippen LogP contribution in [0.2, 0.25) is 5.02 Å². The van der Waals surface area contributed by atoms with Gasteiger partial charge in [0, 0.05) is 19.2 Å². The van der Waals surface area contributed by atoms with Crippen LogP contribution >= 0.6 is 11.6 Å². The van der Waals surface area contributed by atoms with Crippen LogP contribution in [-0.2, 0) is 19.7 Å². The normalized spacial score (nSPS) is 12.2. The van der Waals surface area contributed by atoms with Crippen molar-refractivity contribution >= 4 is 37.3 Å². The second-order valence-electron chi connectivity index (χ2n) is 5.98. The SMILES string of the molecule is CCN(CC)C(=O)n1nc(S(=O)(=O)c2c(C)cccc2Cl)cc1S(=O)(=O)CC. The number of nitrogens with zero attached hydrogens (tertiary/aromatic N) is 3. The predicted octanol–water partition coefficient (Wildman–Crippen LogP) is 2.78. The molecule has 0 atom stereocenters. The summed E-state index contributed by atoms with van der Waals surface area (Å²) < 4.78 is 51.8. The minimum atomic E-state index is -4.24. The van der Waals surface area contributed by atoms with Crippen molar-refractivity contribution in [2.75, 3.05) is 18.8 Å². The third kappa shape index (κ3) is 3.94. The number of hydrogen-bond acceptors (Lipinski definition) is 6. The Kier molecular flexibility index (Phi) is 6.57. The van der Waals surface area contributed by atoms with Gasteiger partial charge in [-0.25, -0.2) is 21.6 Å². The van der Waals surface area contributed by atoms with E-state index in [9.17, 15) is 21.6 Å². The number of sulfone groups is 2. The first-order chi connectivity index (χ1) is 13.0. The summed E-state index contributed by atoms with van der Waals surface area (Å²) >= 11 is 6.08. The third-order valence-electron chi connectivity index (χ3n) is 4.28. The van der Waals surface area contributed by atoms with Crippen molar-refractivity contribution in [1.82, 2.24) is 14.7 Å². The van der Waals surface area contributed by atoms with Gasteiger partial charge in [0.1, 0.15) is 0 Å². The number of aryl methyl sites for hydroxylation is 1. The fourth-order valence-electron chi connectivity index (χ4n) is 2.67. The molecule has 0 saturated heterocycles. The van der Waals surface area contributed by atoms with Crippen LogP contribution in [0.1, 0.15) is 26.3 Å². The maximum absolute atomic E-state index is 13.1. The molecular weight excluding hydrogens is 426 g/mol. The van der Waals surface area contributed by atoms with E-state index in [-0.39, 0.29) is 15.7 Å². The van der Waals surface area contributed by atoms with Crippen LogP contribution in [0, 0.1) is 6.92 Å². The lowest BCUT2D eigenvalue weighted by Crippen LogP contribution is -2.36. The van der Waals surface area contributed by atoms with Crippen molar-refractivity contribution in [3.05, 3.63) is 34.9 Å². The maximum atomic E-state index is 13.1. The van der Waals surface area contributed by atoms with Gasteiger partial charge in [-0.2, -0.15) is 9.78 Å². The molecule has 0 saturated carbocycles. The Hall–Kier alpha value is -1.91. The Balaban J connectivity index is 2.78. The van der Waals surface area contributed by atoms with Crippen molar-refractivity contribution < 1.29 is 21.6 Å². The number of carbonyl (C=O) groups is 1. The molecule has 0 bridgehead atoms. The van der Waals surface area contributed by atoms with Crippen LogP contribution in [0.3, 0.4) is 0 Å². The minimum absolute atomic E-state index is 0.00971. The smallest absolute Gasteiger partial charge is 0.323 e. The van der Waals surface area contributed by atoms with Gasteiger partial charge in [0.15, 0.2) is 19.9 Å². The summed E-state index contributed by atoms with van der Waals surface area (Å²) in [7, 11) is -8.15. The van der Waals surface area contributed by atoms with Gasteiger partial charge in [0.05, 0.1) is 15.7 Å². The molecule has 2 aromatic rings. The molecule has 1 aromatic heterocycles. The number of hydrogen-bond donors (Lipinski definition) is 0. The topological polar surface area (TPSA) is 106 Å². The molecule has 0 N–H and O–H groups in total. The highest BCUT2D eigenvalue weighted by molar-refractivity contribution is 7.92. The molecule has 154 valence electrons. The second-order valence-corrected chi connectivity index (χ2v) is 10.4. The molecule has 28 heavy (non-hydrogen) atoms. The minimum Gasteiger partial charge on any atom is -0.323 e. The maximum Gasteiger partial charge on any atom is 0.345 e. The zero-order valence-corrected chi connectivity index (χ0v) is 18.4. The van der Waals surface area contributed by atoms with Gasteiger partial charge < -0.3 is 4.90 Å². The van der Waals surface area contributed by atoms with Crippen molar-refractivity contribution in [2.24, 2.45) is 0 Å². The zero-order valence-electron chi connectivity index (χ0n) is 16.0. The van der Waals surface area contributed by atoms with E-state index in [0.717, 1.165) is 6.07 Å². The van der Waals surface area contributed by atoms with Crippen LogP contribution < -0.4 is 0 Å². The lowest BCUT2D eigenvalue weighted by atomic mass is 10.2. The summed E-state index contributed by atoms with van der Waals surface area (Å²) in [6, 6.07) is 4.79. The Morgan fingerprint density at radius 2 is 1.75 bits per heavy atom. The highest BCUT2D eigenvalue weighted by Crippen LogP contribution is 2.31. The molecule has 1 aromatic carbocycles. The van der Waals surface area contributed by atoms with Crippen LogP contribution in [0.25, 0.3) is 0 Å². The first-order valence-electron chi connectivity index (χ1n) is 8.63. The van der Waals surface area contributed by atoms with E-state index in [2.05, 4.69) is 5.10 Å². The van der Waals surface area contributed by atoms with Gasteiger partial charge in [0.25, 0.3) is 0 Å². The quantitative estimate of drug-likeness (QED) is 0.673. The Morgan fingerprint density at radius 1 is 1.14 bits per heavy atom. The number of rotatable bonds is 6. The monoisotopic (exact) mass is 447 g/mol. The van der Waals surface area contributed by atoms with E-state index < -0.39 is 35.8 Å². The van der Waals surface area contributed by atoms with Crippen molar-refractivity contribution in [2.45, 2.75) is 42.6 Å². The second kappa shape index (κ2) is 8.22. The molecule has 0 aliphatic carbocycles. The van der Waals surface area contributed by atoms with Crippen molar-refractivity contribution in [3.8, 4) is 0 Å². The Labute approximate surface area is 169 Å². The summed E-state index contributed by atoms with van der Waals surface area (Å²) in [4.78, 5) is 13.9. The van der Waals surface area contributed by atoms with Gasteiger partial charge in [-0.1, -0.05) is 30.7 Å². The molecule has 0 aliphatic rings. The summed E-state index contributed by atoms with van der Waals surface area (Å²) in [5.41, 5.74) is 0.386. The number of aromatic nitrogens is 2. The van der Waals surface area contributed by atoms with Crippen LogP contribution in [-0.4, -0.2) is 56.4 Å². The highest BCUT2D eigenvalue weighted by atomic mass is 35.5. The van der Waals surface area contributed by atoms with Gasteiger partial charge in [-0.15, -0.1) is 0 Å². The summed E-state index contributed by atoms with van der Waals surface area (Å²) in [6.45, 7) is 7.05. The average Bonchev–Trinajstić information content (AvgIpc) is 3.09. The highest BCUT2D eigenvalue weighted by Gasteiger charge is 2.32. The van der Waals surface area contributed by atoms with E-state index >= 15 is 0 Å². The zero-order chi connectivity index (χ0) is 21.3. The molecule has 0 fully saturated rings. The Morgan fingerprint density at radius 3 is 2.25 bits per heavy atom. The van der Waals surface area contributed by atoms with E-state index in [0.29, 0.717) is 23.3 Å². The van der Waals surface area contributed by atoms with Crippen molar-refractivity contribution in [3.63, 3.8) is 0 Å². The fourth-order valence-corrected chi connectivity index (χ4v) is 5.72. The van der Waals surface area contributed by atoms with E-state index in [4.69, 9.17) is 11.6 Å². The third-order valence-corrected chi connectivity index (χ3v) is 8.22. The summed E-state index contributed by atoms with van der Waals surface area (Å²) in [5, 5.41) is 2.85. The van der Waals surface area contributed by atoms with Gasteiger partial charge >= 0.3 is 6.03 Å². The lowest BCUT2D eigenvalue weighted by molar-refractivity contribution is 0.198. The summed E-state index contributed by atoms with van der Waals surface area (Å²) in [6.07, 6.45) is 0. The molecule has 0 aliphatic heterocycles. The molecule has 1 heterocycles. The number of halogens is 1. The molecule has 1 amide bonds. The number of carbonyl (C=O) groups excluding carboxylic acids is 1. The molecule has 8 nitrogen and oxygen atoms in total. The fraction of sp³-hybridized carbons (Fsp3) is 0.412. The molecule has 2 rings (SSSR count). The number of amides is 1. The standard InChI is InChI=1S/C17H22ClN3O5S2/c1-5-20(6-2)17(22)21-15(27(23,24)7-3)11-14(19-21)28(25,26)16-12(4)9-8-10-13(16)18/h8-11H,5-7H2,1-4H3. The molecule has 0 spiro atoms. The molecule has 0 radical (unpaired) electrons. The lowest BCUT2D eigenvalue weighted by Gasteiger charge is -2.19. The summed E-state index contributed by atoms with van der Waals surface area (Å²) in [5.74, 6) is -0.311. The van der Waals surface area contributed by atoms with Gasteiger partial charge in [-0.3, -0.25) is 0 Å². The van der Waals surface area contributed by atoms with Crippen LogP contribution in [0.5, 0.6) is 0 Å². The first-order valence-corrected chi connectivity index (χ1v) is 12.1. The Bertz CT molecular complexity index is 1080. The first kappa shape index (κ1) is 22.4. The van der Waals surface area contributed by atoms with E-state index in [1.807, 2.05) is 0 Å². The molecule has 0 unspecified atom stereocenters. The average molecular weight is 448 g/mol. The molecule has 11 heteroatoms. The van der Waals surface area contributed by atoms with Crippen molar-refractivity contribution in [1.29, 1.82) is 0 Å². The molecular formula is C17H22ClN3O5S2. The predicted molar refractivity (Wildman–Crippen MR) is 105 cm³/mol. The van der Waals surface area contributed by atoms with Gasteiger partial charge in [0.2, 0.25) is 9.84 Å². The van der Waals surface area contributed by atoms with Gasteiger partial charge in [-0.05, 0) is 32.4 Å². The van der Waals surface area contributed by atoms with E-state index in [1.165, 1.54) is 17.9 Å².